The number of nitrogens with zero attached hydrogens (tertiary/aromatic N) is 5. The molecule has 2 aromatic heterocycles. The normalized spacial score (nSPS) is 14.4. The molecule has 0 unspecified atom stereocenters. The Kier molecular flexibility index (Phi) is 4.38. The molecule has 3 heterocycles. The molecule has 162 valence electrons. The molecule has 0 bridgehead atoms. The minimum absolute atomic E-state index is 0.0940. The predicted octanol–water partition coefficient (Wildman–Crippen LogP) is 1.04. The van der Waals surface area contributed by atoms with Crippen molar-refractivity contribution in [2.75, 3.05) is 5.32 Å². The lowest BCUT2D eigenvalue weighted by Crippen LogP contribution is -2.37. The Morgan fingerprint density at radius 1 is 0.938 bits per heavy atom. The minimum Gasteiger partial charge on any atom is -0.309 e. The van der Waals surface area contributed by atoms with Crippen LogP contribution in [0, 0.1) is 0 Å². The van der Waals surface area contributed by atoms with Crippen LogP contribution in [0.1, 0.15) is 11.1 Å². The SMILES string of the molecule is Cn1c(=O)c2c(nc(NC3=NS(=O)(=O)c4ccccc43)n2Cc2ccccc2)n(C)c1=O. The van der Waals surface area contributed by atoms with Gasteiger partial charge in [0.25, 0.3) is 15.6 Å². The fourth-order valence-electron chi connectivity index (χ4n) is 3.76. The average molecular weight is 450 g/mol. The molecule has 0 radical (unpaired) electrons. The van der Waals surface area contributed by atoms with Gasteiger partial charge in [-0.2, -0.15) is 13.4 Å². The highest BCUT2D eigenvalue weighted by Crippen LogP contribution is 2.27. The molecule has 0 amide bonds. The maximum Gasteiger partial charge on any atom is 0.332 e. The molecule has 1 aliphatic rings. The van der Waals surface area contributed by atoms with Gasteiger partial charge in [0.1, 0.15) is 4.90 Å². The summed E-state index contributed by atoms with van der Waals surface area (Å²) in [6.45, 7) is 0.273. The third-order valence-corrected chi connectivity index (χ3v) is 6.73. The first-order valence-corrected chi connectivity index (χ1v) is 11.1. The van der Waals surface area contributed by atoms with E-state index >= 15 is 0 Å². The topological polar surface area (TPSA) is 120 Å². The van der Waals surface area contributed by atoms with Gasteiger partial charge in [0.2, 0.25) is 5.95 Å². The summed E-state index contributed by atoms with van der Waals surface area (Å²) >= 11 is 0. The molecule has 0 saturated carbocycles. The van der Waals surface area contributed by atoms with Crippen molar-refractivity contribution in [1.29, 1.82) is 0 Å². The summed E-state index contributed by atoms with van der Waals surface area (Å²) in [7, 11) is -0.907. The smallest absolute Gasteiger partial charge is 0.309 e. The van der Waals surface area contributed by atoms with E-state index in [1.165, 1.54) is 24.7 Å². The molecule has 0 atom stereocenters. The fourth-order valence-corrected chi connectivity index (χ4v) is 4.94. The van der Waals surface area contributed by atoms with Crippen LogP contribution in [0.4, 0.5) is 5.95 Å². The number of hydrogen-bond donors (Lipinski definition) is 1. The summed E-state index contributed by atoms with van der Waals surface area (Å²) in [6.07, 6.45) is 0. The predicted molar refractivity (Wildman–Crippen MR) is 120 cm³/mol. The molecule has 11 heteroatoms. The standard InChI is InChI=1S/C21H18N6O4S/c1-25-18-16(19(28)26(2)21(25)29)27(12-13-8-4-3-5-9-13)20(23-18)22-17-14-10-6-7-11-15(14)32(30,31)24-17/h3-11H,12H2,1-2H3,(H,22,23,24). The lowest BCUT2D eigenvalue weighted by molar-refractivity contribution is 0.599. The Morgan fingerprint density at radius 3 is 2.38 bits per heavy atom. The first-order chi connectivity index (χ1) is 15.3. The number of sulfonamides is 1. The molecule has 1 N–H and O–H groups in total. The zero-order valence-corrected chi connectivity index (χ0v) is 18.0. The number of anilines is 1. The number of rotatable bonds is 3. The molecule has 5 rings (SSSR count). The zero-order chi connectivity index (χ0) is 22.6. The maximum atomic E-state index is 13.0. The highest BCUT2D eigenvalue weighted by atomic mass is 32.2. The van der Waals surface area contributed by atoms with Gasteiger partial charge in [-0.25, -0.2) is 4.79 Å². The van der Waals surface area contributed by atoms with Crippen LogP contribution in [0.5, 0.6) is 0 Å². The second-order valence-corrected chi connectivity index (χ2v) is 8.99. The van der Waals surface area contributed by atoms with Gasteiger partial charge >= 0.3 is 5.69 Å². The van der Waals surface area contributed by atoms with Crippen LogP contribution in [0.2, 0.25) is 0 Å². The number of aromatic nitrogens is 4. The van der Waals surface area contributed by atoms with Gasteiger partial charge in [0, 0.05) is 19.7 Å². The van der Waals surface area contributed by atoms with E-state index in [9.17, 15) is 18.0 Å². The Hall–Kier alpha value is -3.99. The van der Waals surface area contributed by atoms with E-state index in [1.54, 1.807) is 22.8 Å². The lowest BCUT2D eigenvalue weighted by Gasteiger charge is -2.11. The number of hydrogen-bond acceptors (Lipinski definition) is 6. The van der Waals surface area contributed by atoms with Crippen LogP contribution in [-0.2, 0) is 30.7 Å². The molecule has 10 nitrogen and oxygen atoms in total. The van der Waals surface area contributed by atoms with Crippen molar-refractivity contribution in [2.45, 2.75) is 11.4 Å². The number of nitrogens with one attached hydrogen (secondary N) is 1. The van der Waals surface area contributed by atoms with Crippen molar-refractivity contribution in [2.24, 2.45) is 18.5 Å². The van der Waals surface area contributed by atoms with Crippen LogP contribution in [-0.4, -0.2) is 32.9 Å². The first kappa shape index (κ1) is 19.9. The summed E-state index contributed by atoms with van der Waals surface area (Å²) < 4.78 is 32.7. The molecule has 0 spiro atoms. The van der Waals surface area contributed by atoms with Crippen molar-refractivity contribution in [3.63, 3.8) is 0 Å². The summed E-state index contributed by atoms with van der Waals surface area (Å²) in [5.74, 6) is 0.305. The van der Waals surface area contributed by atoms with Crippen molar-refractivity contribution < 1.29 is 8.42 Å². The van der Waals surface area contributed by atoms with Crippen molar-refractivity contribution in [1.82, 2.24) is 18.7 Å². The van der Waals surface area contributed by atoms with Gasteiger partial charge in [0.05, 0.1) is 6.54 Å². The quantitative estimate of drug-likeness (QED) is 0.498. The molecule has 0 fully saturated rings. The fraction of sp³-hybridized carbons (Fsp3) is 0.143. The van der Waals surface area contributed by atoms with Gasteiger partial charge in [-0.05, 0) is 17.7 Å². The highest BCUT2D eigenvalue weighted by Gasteiger charge is 2.30. The van der Waals surface area contributed by atoms with E-state index in [-0.39, 0.29) is 34.4 Å². The van der Waals surface area contributed by atoms with Gasteiger partial charge < -0.3 is 5.32 Å². The number of benzene rings is 2. The third-order valence-electron chi connectivity index (χ3n) is 5.39. The summed E-state index contributed by atoms with van der Waals surface area (Å²) in [4.78, 5) is 30.0. The molecule has 4 aromatic rings. The molecule has 1 aliphatic heterocycles. The van der Waals surface area contributed by atoms with Gasteiger partial charge in [-0.3, -0.25) is 18.5 Å². The Morgan fingerprint density at radius 2 is 1.62 bits per heavy atom. The van der Waals surface area contributed by atoms with Crippen LogP contribution in [0.15, 0.2) is 73.5 Å². The zero-order valence-electron chi connectivity index (χ0n) is 17.2. The average Bonchev–Trinajstić information content (AvgIpc) is 3.26. The Balaban J connectivity index is 1.74. The van der Waals surface area contributed by atoms with Gasteiger partial charge in [-0.15, -0.1) is 4.40 Å². The van der Waals surface area contributed by atoms with Gasteiger partial charge in [0.15, 0.2) is 17.0 Å². The number of fused-ring (bicyclic) bond motifs is 2. The largest absolute Gasteiger partial charge is 0.332 e. The molecule has 32 heavy (non-hydrogen) atoms. The molecular formula is C21H18N6O4S. The number of amidine groups is 1. The van der Waals surface area contributed by atoms with Crippen molar-refractivity contribution in [3.8, 4) is 0 Å². The summed E-state index contributed by atoms with van der Waals surface area (Å²) in [6, 6.07) is 15.9. The number of imidazole rings is 1. The van der Waals surface area contributed by atoms with E-state index < -0.39 is 21.3 Å². The van der Waals surface area contributed by atoms with Crippen LogP contribution in [0.25, 0.3) is 11.2 Å². The molecule has 0 aliphatic carbocycles. The summed E-state index contributed by atoms with van der Waals surface area (Å²) in [5.41, 5.74) is 0.701. The van der Waals surface area contributed by atoms with E-state index in [0.29, 0.717) is 5.56 Å². The lowest BCUT2D eigenvalue weighted by atomic mass is 10.2. The third kappa shape index (κ3) is 2.97. The van der Waals surface area contributed by atoms with Crippen LogP contribution in [0.3, 0.4) is 0 Å². The van der Waals surface area contributed by atoms with Gasteiger partial charge in [-0.1, -0.05) is 42.5 Å². The molecule has 2 aromatic carbocycles. The van der Waals surface area contributed by atoms with E-state index in [4.69, 9.17) is 0 Å². The molecular weight excluding hydrogens is 432 g/mol. The number of aryl methyl sites for hydroxylation is 1. The minimum atomic E-state index is -3.84. The van der Waals surface area contributed by atoms with E-state index in [2.05, 4.69) is 14.7 Å². The van der Waals surface area contributed by atoms with Crippen molar-refractivity contribution >= 4 is 33.0 Å². The van der Waals surface area contributed by atoms with Crippen molar-refractivity contribution in [3.05, 3.63) is 86.6 Å². The van der Waals surface area contributed by atoms with E-state index in [1.807, 2.05) is 30.3 Å². The first-order valence-electron chi connectivity index (χ1n) is 9.69. The van der Waals surface area contributed by atoms with E-state index in [0.717, 1.165) is 10.1 Å². The monoisotopic (exact) mass is 450 g/mol. The Labute approximate surface area is 182 Å². The Bertz CT molecular complexity index is 1650. The maximum absolute atomic E-state index is 13.0. The second-order valence-electron chi connectivity index (χ2n) is 7.42. The highest BCUT2D eigenvalue weighted by molar-refractivity contribution is 7.90. The van der Waals surface area contributed by atoms with Crippen LogP contribution >= 0.6 is 0 Å². The molecule has 0 saturated heterocycles. The summed E-state index contributed by atoms with van der Waals surface area (Å²) in [5, 5.41) is 2.98. The van der Waals surface area contributed by atoms with Crippen LogP contribution < -0.4 is 16.6 Å². The second kappa shape index (κ2) is 7.02.